The molecule has 0 radical (unpaired) electrons. The van der Waals surface area contributed by atoms with Gasteiger partial charge in [-0.05, 0) is 44.1 Å². The highest BCUT2D eigenvalue weighted by Gasteiger charge is 2.34. The maximum atomic E-state index is 3.72. The summed E-state index contributed by atoms with van der Waals surface area (Å²) < 4.78 is 0. The van der Waals surface area contributed by atoms with E-state index in [4.69, 9.17) is 0 Å². The zero-order valence-electron chi connectivity index (χ0n) is 11.2. The first-order valence-electron chi connectivity index (χ1n) is 7.87. The van der Waals surface area contributed by atoms with Crippen molar-refractivity contribution in [3.63, 3.8) is 0 Å². The summed E-state index contributed by atoms with van der Waals surface area (Å²) in [6.45, 7) is 5.38. The SMILES string of the molecule is C1CCCC(CN2CC3CCCNC3C2)CC1. The Bertz CT molecular complexity index is 219. The van der Waals surface area contributed by atoms with Gasteiger partial charge in [-0.2, -0.15) is 0 Å². The van der Waals surface area contributed by atoms with Crippen molar-refractivity contribution in [1.29, 1.82) is 0 Å². The van der Waals surface area contributed by atoms with Crippen molar-refractivity contribution in [3.8, 4) is 0 Å². The first-order valence-corrected chi connectivity index (χ1v) is 7.87. The van der Waals surface area contributed by atoms with Gasteiger partial charge in [-0.1, -0.05) is 25.7 Å². The summed E-state index contributed by atoms with van der Waals surface area (Å²) in [6.07, 6.45) is 11.8. The number of piperidine rings is 1. The zero-order chi connectivity index (χ0) is 11.5. The van der Waals surface area contributed by atoms with E-state index in [1.165, 1.54) is 77.5 Å². The van der Waals surface area contributed by atoms with Crippen molar-refractivity contribution in [1.82, 2.24) is 10.2 Å². The Balaban J connectivity index is 1.48. The predicted octanol–water partition coefficient (Wildman–Crippen LogP) is 2.64. The summed E-state index contributed by atoms with van der Waals surface area (Å²) in [5.41, 5.74) is 0. The molecule has 0 aromatic rings. The van der Waals surface area contributed by atoms with Crippen molar-refractivity contribution in [2.45, 2.75) is 57.4 Å². The van der Waals surface area contributed by atoms with Crippen LogP contribution in [0.4, 0.5) is 0 Å². The summed E-state index contributed by atoms with van der Waals surface area (Å²) in [6, 6.07) is 0.828. The number of likely N-dealkylation sites (tertiary alicyclic amines) is 1. The van der Waals surface area contributed by atoms with Gasteiger partial charge < -0.3 is 10.2 Å². The van der Waals surface area contributed by atoms with E-state index in [0.717, 1.165) is 17.9 Å². The van der Waals surface area contributed by atoms with Crippen molar-refractivity contribution < 1.29 is 0 Å². The van der Waals surface area contributed by atoms with E-state index in [0.29, 0.717) is 0 Å². The normalized spacial score (nSPS) is 36.7. The van der Waals surface area contributed by atoms with Crippen LogP contribution in [0, 0.1) is 11.8 Å². The van der Waals surface area contributed by atoms with Crippen LogP contribution in [0.1, 0.15) is 51.4 Å². The molecule has 0 amide bonds. The Kier molecular flexibility index (Phi) is 4.02. The van der Waals surface area contributed by atoms with E-state index in [2.05, 4.69) is 10.2 Å². The summed E-state index contributed by atoms with van der Waals surface area (Å²) in [5, 5.41) is 3.72. The lowest BCUT2D eigenvalue weighted by Crippen LogP contribution is -2.40. The first kappa shape index (κ1) is 12.0. The van der Waals surface area contributed by atoms with Gasteiger partial charge in [0, 0.05) is 25.7 Å². The second-order valence-corrected chi connectivity index (χ2v) is 6.54. The molecule has 1 aliphatic carbocycles. The lowest BCUT2D eigenvalue weighted by Gasteiger charge is -2.24. The molecule has 2 aliphatic heterocycles. The highest BCUT2D eigenvalue weighted by atomic mass is 15.2. The average molecular weight is 236 g/mol. The largest absolute Gasteiger partial charge is 0.312 e. The molecule has 2 atom stereocenters. The summed E-state index contributed by atoms with van der Waals surface area (Å²) in [4.78, 5) is 2.77. The fourth-order valence-corrected chi connectivity index (χ4v) is 4.20. The van der Waals surface area contributed by atoms with Crippen LogP contribution in [-0.4, -0.2) is 37.1 Å². The van der Waals surface area contributed by atoms with Gasteiger partial charge in [-0.3, -0.25) is 0 Å². The van der Waals surface area contributed by atoms with Crippen LogP contribution in [0.5, 0.6) is 0 Å². The third-order valence-corrected chi connectivity index (χ3v) is 5.17. The second-order valence-electron chi connectivity index (χ2n) is 6.54. The molecule has 3 aliphatic rings. The maximum Gasteiger partial charge on any atom is 0.0235 e. The zero-order valence-corrected chi connectivity index (χ0v) is 11.2. The van der Waals surface area contributed by atoms with E-state index in [9.17, 15) is 0 Å². The minimum atomic E-state index is 0.828. The lowest BCUT2D eigenvalue weighted by atomic mass is 9.94. The van der Waals surface area contributed by atoms with Crippen LogP contribution in [-0.2, 0) is 0 Å². The van der Waals surface area contributed by atoms with Gasteiger partial charge in [-0.25, -0.2) is 0 Å². The molecule has 2 heteroatoms. The van der Waals surface area contributed by atoms with Gasteiger partial charge in [0.25, 0.3) is 0 Å². The van der Waals surface area contributed by atoms with Crippen molar-refractivity contribution in [2.24, 2.45) is 11.8 Å². The molecular formula is C15H28N2. The fraction of sp³-hybridized carbons (Fsp3) is 1.00. The van der Waals surface area contributed by atoms with E-state index in [1.54, 1.807) is 0 Å². The molecule has 2 nitrogen and oxygen atoms in total. The number of hydrogen-bond acceptors (Lipinski definition) is 2. The molecule has 0 aromatic heterocycles. The summed E-state index contributed by atoms with van der Waals surface area (Å²) in [7, 11) is 0. The molecule has 2 saturated heterocycles. The van der Waals surface area contributed by atoms with Crippen molar-refractivity contribution in [3.05, 3.63) is 0 Å². The molecule has 3 fully saturated rings. The maximum absolute atomic E-state index is 3.72. The Morgan fingerprint density at radius 3 is 2.47 bits per heavy atom. The molecule has 1 saturated carbocycles. The molecule has 0 spiro atoms. The minimum Gasteiger partial charge on any atom is -0.312 e. The molecule has 17 heavy (non-hydrogen) atoms. The quantitative estimate of drug-likeness (QED) is 0.742. The van der Waals surface area contributed by atoms with Crippen molar-refractivity contribution in [2.75, 3.05) is 26.2 Å². The molecule has 0 aromatic carbocycles. The second kappa shape index (κ2) is 5.71. The van der Waals surface area contributed by atoms with Gasteiger partial charge in [-0.15, -0.1) is 0 Å². The smallest absolute Gasteiger partial charge is 0.0235 e. The van der Waals surface area contributed by atoms with Gasteiger partial charge in [0.2, 0.25) is 0 Å². The third-order valence-electron chi connectivity index (χ3n) is 5.17. The Morgan fingerprint density at radius 2 is 1.71 bits per heavy atom. The number of rotatable bonds is 2. The number of nitrogens with one attached hydrogen (secondary N) is 1. The monoisotopic (exact) mass is 236 g/mol. The van der Waals surface area contributed by atoms with Gasteiger partial charge in [0.1, 0.15) is 0 Å². The molecule has 0 bridgehead atoms. The molecule has 3 rings (SSSR count). The molecule has 1 N–H and O–H groups in total. The molecule has 2 unspecified atom stereocenters. The number of fused-ring (bicyclic) bond motifs is 1. The minimum absolute atomic E-state index is 0.828. The Morgan fingerprint density at radius 1 is 0.882 bits per heavy atom. The van der Waals surface area contributed by atoms with Crippen LogP contribution >= 0.6 is 0 Å². The van der Waals surface area contributed by atoms with Gasteiger partial charge >= 0.3 is 0 Å². The number of nitrogens with zero attached hydrogens (tertiary/aromatic N) is 1. The van der Waals surface area contributed by atoms with E-state index >= 15 is 0 Å². The first-order chi connectivity index (χ1) is 8.42. The van der Waals surface area contributed by atoms with Gasteiger partial charge in [0.05, 0.1) is 0 Å². The topological polar surface area (TPSA) is 15.3 Å². The highest BCUT2D eigenvalue weighted by Crippen LogP contribution is 2.28. The molecule has 2 heterocycles. The Labute approximate surface area is 106 Å². The standard InChI is InChI=1S/C15H28N2/c1-2-4-7-13(6-3-1)10-17-11-14-8-5-9-16-15(14)12-17/h13-16H,1-12H2. The van der Waals surface area contributed by atoms with Crippen LogP contribution in [0.3, 0.4) is 0 Å². The fourth-order valence-electron chi connectivity index (χ4n) is 4.20. The van der Waals surface area contributed by atoms with Crippen LogP contribution in [0.15, 0.2) is 0 Å². The molecular weight excluding hydrogens is 208 g/mol. The van der Waals surface area contributed by atoms with E-state index in [-0.39, 0.29) is 0 Å². The predicted molar refractivity (Wildman–Crippen MR) is 72.1 cm³/mol. The molecule has 98 valence electrons. The van der Waals surface area contributed by atoms with Crippen LogP contribution in [0.2, 0.25) is 0 Å². The van der Waals surface area contributed by atoms with E-state index < -0.39 is 0 Å². The summed E-state index contributed by atoms with van der Waals surface area (Å²) >= 11 is 0. The van der Waals surface area contributed by atoms with Crippen molar-refractivity contribution >= 4 is 0 Å². The average Bonchev–Trinajstić information content (AvgIpc) is 2.57. The highest BCUT2D eigenvalue weighted by molar-refractivity contribution is 4.92. The van der Waals surface area contributed by atoms with Crippen LogP contribution in [0.25, 0.3) is 0 Å². The van der Waals surface area contributed by atoms with E-state index in [1.807, 2.05) is 0 Å². The van der Waals surface area contributed by atoms with Gasteiger partial charge in [0.15, 0.2) is 0 Å². The Hall–Kier alpha value is -0.0800. The lowest BCUT2D eigenvalue weighted by molar-refractivity contribution is 0.252. The summed E-state index contributed by atoms with van der Waals surface area (Å²) in [5.74, 6) is 1.98. The number of hydrogen-bond donors (Lipinski definition) is 1. The third kappa shape index (κ3) is 3.03. The van der Waals surface area contributed by atoms with Crippen LogP contribution < -0.4 is 5.32 Å².